The summed E-state index contributed by atoms with van der Waals surface area (Å²) in [5.41, 5.74) is 9.50. The number of hydrogen-bond acceptors (Lipinski definition) is 3. The first kappa shape index (κ1) is 11.1. The van der Waals surface area contributed by atoms with Gasteiger partial charge in [0.2, 0.25) is 0 Å². The van der Waals surface area contributed by atoms with Crippen LogP contribution in [0.5, 0.6) is 5.75 Å². The normalized spacial score (nSPS) is 17.8. The Balaban J connectivity index is 2.06. The number of carbonyl (C=O) groups excluding carboxylic acids is 1. The molecule has 18 heavy (non-hydrogen) atoms. The Hall–Kier alpha value is -2.01. The highest BCUT2D eigenvalue weighted by Crippen LogP contribution is 2.36. The summed E-state index contributed by atoms with van der Waals surface area (Å²) in [7, 11) is 1.53. The lowest BCUT2D eigenvalue weighted by Gasteiger charge is -2.06. The number of carbonyl (C=O) groups is 1. The van der Waals surface area contributed by atoms with Crippen molar-refractivity contribution < 1.29 is 9.53 Å². The van der Waals surface area contributed by atoms with Crippen LogP contribution in [0.1, 0.15) is 23.7 Å². The SMILES string of the molecule is CNC(=O)Oc1ccc2[nH]c3c(c2c1)C(N)CC3. The molecule has 0 aliphatic heterocycles. The fraction of sp³-hybridized carbons (Fsp3) is 0.308. The van der Waals surface area contributed by atoms with Crippen molar-refractivity contribution in [1.82, 2.24) is 10.3 Å². The predicted octanol–water partition coefficient (Wildman–Crippen LogP) is 1.83. The average Bonchev–Trinajstić information content (AvgIpc) is 2.89. The van der Waals surface area contributed by atoms with Gasteiger partial charge in [-0.1, -0.05) is 0 Å². The summed E-state index contributed by atoms with van der Waals surface area (Å²) in [6.07, 6.45) is 1.49. The Labute approximate surface area is 104 Å². The van der Waals surface area contributed by atoms with Crippen LogP contribution in [-0.2, 0) is 6.42 Å². The quantitative estimate of drug-likeness (QED) is 0.717. The van der Waals surface area contributed by atoms with Crippen LogP contribution >= 0.6 is 0 Å². The van der Waals surface area contributed by atoms with E-state index in [2.05, 4.69) is 10.3 Å². The molecular formula is C13H15N3O2. The maximum Gasteiger partial charge on any atom is 0.412 e. The van der Waals surface area contributed by atoms with Crippen LogP contribution in [0.2, 0.25) is 0 Å². The summed E-state index contributed by atoms with van der Waals surface area (Å²) in [6, 6.07) is 5.63. The first-order valence-electron chi connectivity index (χ1n) is 5.98. The van der Waals surface area contributed by atoms with Gasteiger partial charge in [-0.05, 0) is 36.6 Å². The minimum Gasteiger partial charge on any atom is -0.410 e. The standard InChI is InChI=1S/C13H15N3O2/c1-15-13(17)18-7-2-4-10-8(6-7)12-9(14)3-5-11(12)16-10/h2,4,6,9,16H,3,5,14H2,1H3,(H,15,17). The van der Waals surface area contributed by atoms with Gasteiger partial charge in [0.1, 0.15) is 5.75 Å². The predicted molar refractivity (Wildman–Crippen MR) is 68.6 cm³/mol. The van der Waals surface area contributed by atoms with Gasteiger partial charge in [-0.25, -0.2) is 4.79 Å². The Morgan fingerprint density at radius 1 is 1.56 bits per heavy atom. The third kappa shape index (κ3) is 1.64. The van der Waals surface area contributed by atoms with Crippen molar-refractivity contribution >= 4 is 17.0 Å². The van der Waals surface area contributed by atoms with Crippen LogP contribution in [0.3, 0.4) is 0 Å². The third-order valence-electron chi connectivity index (χ3n) is 3.38. The molecule has 0 saturated carbocycles. The number of nitrogens with two attached hydrogens (primary N) is 1. The summed E-state index contributed by atoms with van der Waals surface area (Å²) in [6.45, 7) is 0. The lowest BCUT2D eigenvalue weighted by molar-refractivity contribution is 0.203. The highest BCUT2D eigenvalue weighted by atomic mass is 16.5. The summed E-state index contributed by atoms with van der Waals surface area (Å²) >= 11 is 0. The minimum absolute atomic E-state index is 0.0731. The first-order valence-corrected chi connectivity index (χ1v) is 5.98. The van der Waals surface area contributed by atoms with Gasteiger partial charge in [-0.2, -0.15) is 0 Å². The molecule has 1 amide bonds. The van der Waals surface area contributed by atoms with Gasteiger partial charge in [0.15, 0.2) is 0 Å². The van der Waals surface area contributed by atoms with Crippen LogP contribution in [-0.4, -0.2) is 18.1 Å². The molecule has 0 bridgehead atoms. The monoisotopic (exact) mass is 245 g/mol. The highest BCUT2D eigenvalue weighted by molar-refractivity contribution is 5.87. The Morgan fingerprint density at radius 2 is 2.39 bits per heavy atom. The van der Waals surface area contributed by atoms with Crippen molar-refractivity contribution in [1.29, 1.82) is 0 Å². The molecule has 5 heteroatoms. The molecule has 1 atom stereocenters. The molecule has 1 heterocycles. The van der Waals surface area contributed by atoms with Crippen molar-refractivity contribution in [2.75, 3.05) is 7.05 Å². The van der Waals surface area contributed by atoms with Gasteiger partial charge >= 0.3 is 6.09 Å². The molecule has 1 aliphatic rings. The molecule has 1 unspecified atom stereocenters. The molecule has 2 aromatic rings. The topological polar surface area (TPSA) is 80.1 Å². The van der Waals surface area contributed by atoms with Crippen LogP contribution < -0.4 is 15.8 Å². The van der Waals surface area contributed by atoms with Crippen LogP contribution in [0.15, 0.2) is 18.2 Å². The third-order valence-corrected chi connectivity index (χ3v) is 3.38. The minimum atomic E-state index is -0.467. The number of fused-ring (bicyclic) bond motifs is 3. The summed E-state index contributed by atoms with van der Waals surface area (Å²) in [5, 5.41) is 3.48. The van der Waals surface area contributed by atoms with Gasteiger partial charge in [0, 0.05) is 29.7 Å². The zero-order valence-corrected chi connectivity index (χ0v) is 10.1. The summed E-state index contributed by atoms with van der Waals surface area (Å²) in [4.78, 5) is 14.6. The lowest BCUT2D eigenvalue weighted by atomic mass is 10.1. The van der Waals surface area contributed by atoms with E-state index < -0.39 is 6.09 Å². The van der Waals surface area contributed by atoms with Crippen molar-refractivity contribution in [3.63, 3.8) is 0 Å². The molecule has 0 fully saturated rings. The second-order valence-electron chi connectivity index (χ2n) is 4.51. The van der Waals surface area contributed by atoms with Gasteiger partial charge in [-0.3, -0.25) is 0 Å². The zero-order valence-electron chi connectivity index (χ0n) is 10.1. The molecule has 5 nitrogen and oxygen atoms in total. The van der Waals surface area contributed by atoms with E-state index in [0.29, 0.717) is 5.75 Å². The molecule has 1 aliphatic carbocycles. The van der Waals surface area contributed by atoms with E-state index in [1.807, 2.05) is 12.1 Å². The summed E-state index contributed by atoms with van der Waals surface area (Å²) < 4.78 is 5.13. The lowest BCUT2D eigenvalue weighted by Crippen LogP contribution is -2.21. The molecule has 0 saturated heterocycles. The number of rotatable bonds is 1. The Morgan fingerprint density at radius 3 is 3.17 bits per heavy atom. The molecule has 0 spiro atoms. The Bertz CT molecular complexity index is 618. The van der Waals surface area contributed by atoms with Crippen molar-refractivity contribution in [2.45, 2.75) is 18.9 Å². The first-order chi connectivity index (χ1) is 8.69. The number of benzene rings is 1. The summed E-state index contributed by atoms with van der Waals surface area (Å²) in [5.74, 6) is 0.530. The van der Waals surface area contributed by atoms with E-state index in [1.165, 1.54) is 12.7 Å². The van der Waals surface area contributed by atoms with E-state index in [4.69, 9.17) is 10.5 Å². The van der Waals surface area contributed by atoms with Crippen molar-refractivity contribution in [3.8, 4) is 5.75 Å². The van der Waals surface area contributed by atoms with Crippen molar-refractivity contribution in [3.05, 3.63) is 29.5 Å². The number of aryl methyl sites for hydroxylation is 1. The second kappa shape index (κ2) is 4.03. The van der Waals surface area contributed by atoms with E-state index in [1.54, 1.807) is 6.07 Å². The van der Waals surface area contributed by atoms with Gasteiger partial charge in [0.05, 0.1) is 0 Å². The maximum atomic E-state index is 11.2. The molecule has 3 rings (SSSR count). The molecule has 1 aromatic heterocycles. The molecule has 0 radical (unpaired) electrons. The van der Waals surface area contributed by atoms with E-state index >= 15 is 0 Å². The zero-order chi connectivity index (χ0) is 12.7. The van der Waals surface area contributed by atoms with E-state index in [9.17, 15) is 4.79 Å². The number of ether oxygens (including phenoxy) is 1. The highest BCUT2D eigenvalue weighted by Gasteiger charge is 2.24. The average molecular weight is 245 g/mol. The smallest absolute Gasteiger partial charge is 0.410 e. The number of aromatic nitrogens is 1. The van der Waals surface area contributed by atoms with Gasteiger partial charge in [-0.15, -0.1) is 0 Å². The fourth-order valence-corrected chi connectivity index (χ4v) is 2.53. The maximum absolute atomic E-state index is 11.2. The number of aromatic amines is 1. The number of amides is 1. The van der Waals surface area contributed by atoms with Crippen LogP contribution in [0.4, 0.5) is 4.79 Å². The number of hydrogen-bond donors (Lipinski definition) is 3. The number of nitrogens with one attached hydrogen (secondary N) is 2. The molecular weight excluding hydrogens is 230 g/mol. The van der Waals surface area contributed by atoms with Gasteiger partial charge < -0.3 is 20.8 Å². The molecule has 1 aromatic carbocycles. The largest absolute Gasteiger partial charge is 0.412 e. The molecule has 4 N–H and O–H groups in total. The molecule has 94 valence electrons. The fourth-order valence-electron chi connectivity index (χ4n) is 2.53. The van der Waals surface area contributed by atoms with Crippen LogP contribution in [0, 0.1) is 0 Å². The van der Waals surface area contributed by atoms with E-state index in [0.717, 1.165) is 29.3 Å². The van der Waals surface area contributed by atoms with Crippen LogP contribution in [0.25, 0.3) is 10.9 Å². The Kier molecular flexibility index (Phi) is 2.48. The van der Waals surface area contributed by atoms with Gasteiger partial charge in [0.25, 0.3) is 0 Å². The van der Waals surface area contributed by atoms with E-state index in [-0.39, 0.29) is 6.04 Å². The van der Waals surface area contributed by atoms with Crippen molar-refractivity contribution in [2.24, 2.45) is 5.73 Å². The second-order valence-corrected chi connectivity index (χ2v) is 4.51. The number of H-pyrrole nitrogens is 1.